The lowest BCUT2D eigenvalue weighted by atomic mass is 9.88. The molecule has 1 N–H and O–H groups in total. The van der Waals surface area contributed by atoms with Crippen molar-refractivity contribution in [1.29, 1.82) is 0 Å². The number of fused-ring (bicyclic) bond motifs is 2. The number of halogens is 2. The molecule has 3 heterocycles. The van der Waals surface area contributed by atoms with Crippen molar-refractivity contribution in [2.45, 2.75) is 12.5 Å². The highest BCUT2D eigenvalue weighted by Crippen LogP contribution is 2.26. The number of hydrogen-bond acceptors (Lipinski definition) is 4. The first-order valence-corrected chi connectivity index (χ1v) is 11.9. The zero-order chi connectivity index (χ0) is 21.9. The molecular formula is C25H27Cl2N4O+. The van der Waals surface area contributed by atoms with Crippen LogP contribution < -0.4 is 10.1 Å². The van der Waals surface area contributed by atoms with Crippen LogP contribution in [0.5, 0.6) is 5.75 Å². The average Bonchev–Trinajstić information content (AvgIpc) is 2.81. The number of ether oxygens (including phenoxy) is 1. The molecule has 0 bridgehead atoms. The van der Waals surface area contributed by atoms with E-state index in [1.807, 2.05) is 30.3 Å². The van der Waals surface area contributed by atoms with Gasteiger partial charge in [0.05, 0.1) is 37.2 Å². The van der Waals surface area contributed by atoms with Gasteiger partial charge in [0.2, 0.25) is 0 Å². The van der Waals surface area contributed by atoms with E-state index in [1.165, 1.54) is 5.71 Å². The van der Waals surface area contributed by atoms with Gasteiger partial charge in [-0.25, -0.2) is 4.58 Å². The van der Waals surface area contributed by atoms with Crippen LogP contribution in [0.2, 0.25) is 5.02 Å². The third-order valence-electron chi connectivity index (χ3n) is 6.35. The second kappa shape index (κ2) is 9.65. The van der Waals surface area contributed by atoms with Crippen LogP contribution in [-0.2, 0) is 0 Å². The van der Waals surface area contributed by atoms with Crippen molar-refractivity contribution in [1.82, 2.24) is 15.2 Å². The van der Waals surface area contributed by atoms with E-state index in [9.17, 15) is 0 Å². The van der Waals surface area contributed by atoms with Crippen LogP contribution >= 0.6 is 23.2 Å². The molecule has 166 valence electrons. The minimum atomic E-state index is 0.253. The molecule has 0 amide bonds. The summed E-state index contributed by atoms with van der Waals surface area (Å²) >= 11 is 12.3. The minimum absolute atomic E-state index is 0.253. The van der Waals surface area contributed by atoms with Gasteiger partial charge in [0.1, 0.15) is 5.75 Å². The fourth-order valence-corrected chi connectivity index (χ4v) is 5.05. The predicted octanol–water partition coefficient (Wildman–Crippen LogP) is 4.22. The van der Waals surface area contributed by atoms with Crippen LogP contribution in [0.15, 0.2) is 66.0 Å². The summed E-state index contributed by atoms with van der Waals surface area (Å²) in [5.41, 5.74) is 2.25. The molecule has 0 radical (unpaired) electrons. The lowest BCUT2D eigenvalue weighted by Crippen LogP contribution is -2.48. The van der Waals surface area contributed by atoms with E-state index in [4.69, 9.17) is 27.9 Å². The van der Waals surface area contributed by atoms with Crippen molar-refractivity contribution in [3.05, 3.63) is 71.0 Å². The third-order valence-corrected chi connectivity index (χ3v) is 6.84. The number of aromatic nitrogens is 1. The van der Waals surface area contributed by atoms with E-state index < -0.39 is 0 Å². The predicted molar refractivity (Wildman–Crippen MR) is 131 cm³/mol. The van der Waals surface area contributed by atoms with Crippen LogP contribution in [0.4, 0.5) is 0 Å². The molecule has 0 spiro atoms. The van der Waals surface area contributed by atoms with E-state index in [0.717, 1.165) is 60.8 Å². The number of nitrogens with one attached hydrogen (secondary N) is 1. The summed E-state index contributed by atoms with van der Waals surface area (Å²) in [5, 5.41) is 5.92. The Morgan fingerprint density at radius 2 is 2.03 bits per heavy atom. The van der Waals surface area contributed by atoms with Crippen LogP contribution in [0, 0.1) is 5.92 Å². The molecule has 2 aromatic rings. The Hall–Kier alpha value is -2.34. The van der Waals surface area contributed by atoms with Gasteiger partial charge in [-0.2, -0.15) is 0 Å². The van der Waals surface area contributed by atoms with E-state index in [0.29, 0.717) is 17.5 Å². The molecule has 0 saturated carbocycles. The molecule has 1 aromatic carbocycles. The summed E-state index contributed by atoms with van der Waals surface area (Å²) < 4.78 is 8.59. The van der Waals surface area contributed by atoms with Gasteiger partial charge in [0.25, 0.3) is 0 Å². The summed E-state index contributed by atoms with van der Waals surface area (Å²) in [7, 11) is 0. The quantitative estimate of drug-likeness (QED) is 0.525. The Balaban J connectivity index is 1.12. The molecule has 1 aromatic heterocycles. The molecule has 5 rings (SSSR count). The number of benzene rings is 1. The van der Waals surface area contributed by atoms with Gasteiger partial charge in [-0.3, -0.25) is 9.88 Å². The number of nitrogens with zero attached hydrogens (tertiary/aromatic N) is 3. The Morgan fingerprint density at radius 1 is 1.16 bits per heavy atom. The van der Waals surface area contributed by atoms with Crippen LogP contribution in [0.1, 0.15) is 6.42 Å². The normalized spacial score (nSPS) is 23.1. The van der Waals surface area contributed by atoms with Gasteiger partial charge in [0.15, 0.2) is 18.8 Å². The van der Waals surface area contributed by atoms with Gasteiger partial charge in [-0.15, -0.1) is 0 Å². The molecule has 7 heteroatoms. The molecule has 32 heavy (non-hydrogen) atoms. The molecule has 3 aliphatic rings. The van der Waals surface area contributed by atoms with Crippen molar-refractivity contribution in [2.24, 2.45) is 5.92 Å². The van der Waals surface area contributed by atoms with Crippen molar-refractivity contribution in [3.8, 4) is 5.75 Å². The highest BCUT2D eigenvalue weighted by molar-refractivity contribution is 6.31. The van der Waals surface area contributed by atoms with Gasteiger partial charge in [-0.05, 0) is 42.8 Å². The Bertz CT molecular complexity index is 1110. The van der Waals surface area contributed by atoms with Crippen molar-refractivity contribution < 1.29 is 9.31 Å². The largest absolute Gasteiger partial charge is 0.493 e. The number of allylic oxidation sites excluding steroid dienone is 3. The molecule has 2 atom stereocenters. The maximum atomic E-state index is 6.19. The molecule has 1 aliphatic carbocycles. The molecular weight excluding hydrogens is 443 g/mol. The SMILES string of the molecule is ClC1=CC2NC=CC(=[N+]3CCN(CCCOc4ccnc5cc(Cl)ccc45)CC3)C2C=C1. The highest BCUT2D eigenvalue weighted by atomic mass is 35.5. The lowest BCUT2D eigenvalue weighted by Gasteiger charge is -2.31. The van der Waals surface area contributed by atoms with E-state index in [1.54, 1.807) is 6.20 Å². The van der Waals surface area contributed by atoms with Gasteiger partial charge in [0, 0.05) is 40.5 Å². The number of hydrogen-bond donors (Lipinski definition) is 1. The Morgan fingerprint density at radius 3 is 2.91 bits per heavy atom. The standard InChI is InChI=1S/C25H26Cl2N4O/c26-18-2-4-20-22(16-18)28-8-6-24(20)31-13-11-30(12-14-31)10-1-15-32-25-7-9-29-23-17-19(27)3-5-21(23)25/h2-9,16-17,20,22H,1,10-15H2/p+1. The molecule has 1 fully saturated rings. The van der Waals surface area contributed by atoms with E-state index in [-0.39, 0.29) is 6.04 Å². The Kier molecular flexibility index (Phi) is 6.49. The van der Waals surface area contributed by atoms with Crippen LogP contribution in [0.25, 0.3) is 10.9 Å². The second-order valence-corrected chi connectivity index (χ2v) is 9.26. The van der Waals surface area contributed by atoms with Crippen LogP contribution in [-0.4, -0.2) is 65.5 Å². The minimum Gasteiger partial charge on any atom is -0.493 e. The first-order valence-electron chi connectivity index (χ1n) is 11.2. The van der Waals surface area contributed by atoms with Gasteiger partial charge < -0.3 is 10.1 Å². The zero-order valence-corrected chi connectivity index (χ0v) is 19.4. The smallest absolute Gasteiger partial charge is 0.186 e. The molecule has 5 nitrogen and oxygen atoms in total. The number of piperazine rings is 1. The monoisotopic (exact) mass is 469 g/mol. The first-order chi connectivity index (χ1) is 15.7. The molecule has 2 unspecified atom stereocenters. The molecule has 2 aliphatic heterocycles. The van der Waals surface area contributed by atoms with Crippen LogP contribution in [0.3, 0.4) is 0 Å². The number of rotatable bonds is 5. The maximum Gasteiger partial charge on any atom is 0.186 e. The van der Waals surface area contributed by atoms with E-state index in [2.05, 4.69) is 44.2 Å². The fraction of sp³-hybridized carbons (Fsp3) is 0.360. The third kappa shape index (κ3) is 4.70. The number of pyridine rings is 1. The Labute approximate surface area is 198 Å². The topological polar surface area (TPSA) is 40.4 Å². The van der Waals surface area contributed by atoms with Gasteiger partial charge in [-0.1, -0.05) is 29.3 Å². The summed E-state index contributed by atoms with van der Waals surface area (Å²) in [5.74, 6) is 1.22. The maximum absolute atomic E-state index is 6.19. The second-order valence-electron chi connectivity index (χ2n) is 8.39. The first kappa shape index (κ1) is 21.5. The zero-order valence-electron chi connectivity index (χ0n) is 17.9. The van der Waals surface area contributed by atoms with E-state index >= 15 is 0 Å². The van der Waals surface area contributed by atoms with Gasteiger partial charge >= 0.3 is 0 Å². The summed E-state index contributed by atoms with van der Waals surface area (Å²) in [4.78, 5) is 6.91. The summed E-state index contributed by atoms with van der Waals surface area (Å²) in [6.45, 7) is 5.96. The van der Waals surface area contributed by atoms with Crippen molar-refractivity contribution in [2.75, 3.05) is 39.3 Å². The highest BCUT2D eigenvalue weighted by Gasteiger charge is 2.33. The summed E-state index contributed by atoms with van der Waals surface area (Å²) in [6.07, 6.45) is 13.4. The summed E-state index contributed by atoms with van der Waals surface area (Å²) in [6, 6.07) is 7.90. The lowest BCUT2D eigenvalue weighted by molar-refractivity contribution is -0.541. The molecule has 1 saturated heterocycles. The average molecular weight is 470 g/mol. The fourth-order valence-electron chi connectivity index (χ4n) is 4.67. The van der Waals surface area contributed by atoms with Crippen molar-refractivity contribution in [3.63, 3.8) is 0 Å². The van der Waals surface area contributed by atoms with Crippen molar-refractivity contribution >= 4 is 39.8 Å².